The largest absolute Gasteiger partial charge is 0.449 e. The van der Waals surface area contributed by atoms with Crippen molar-refractivity contribution in [3.63, 3.8) is 0 Å². The number of carbonyl (C=O) groups excluding carboxylic acids is 2. The summed E-state index contributed by atoms with van der Waals surface area (Å²) in [5.74, 6) is -3.81. The monoisotopic (exact) mass is 598 g/mol. The molecule has 0 radical (unpaired) electrons. The van der Waals surface area contributed by atoms with Crippen LogP contribution in [0.1, 0.15) is 68.1 Å². The molecule has 5 rings (SSSR count). The second-order valence-corrected chi connectivity index (χ2v) is 10.8. The molecule has 1 aromatic carbocycles. The third-order valence-corrected chi connectivity index (χ3v) is 8.13. The molecule has 9 nitrogen and oxygen atoms in total. The molecule has 0 aliphatic carbocycles. The highest BCUT2D eigenvalue weighted by atomic mass is 19.1. The Kier molecular flexibility index (Phi) is 8.97. The molecule has 2 amide bonds. The number of pyridine rings is 2. The normalized spacial score (nSPS) is 23.4. The number of hydrogen-bond acceptors (Lipinski definition) is 7. The van der Waals surface area contributed by atoms with Gasteiger partial charge in [0.2, 0.25) is 0 Å². The number of piperidine rings is 1. The molecule has 2 aliphatic rings. The molecule has 12 heteroatoms. The van der Waals surface area contributed by atoms with Gasteiger partial charge < -0.3 is 24.8 Å². The maximum absolute atomic E-state index is 14.6. The predicted octanol–water partition coefficient (Wildman–Crippen LogP) is 5.80. The number of fused-ring (bicyclic) bond motifs is 1. The highest BCUT2D eigenvalue weighted by Gasteiger charge is 2.54. The summed E-state index contributed by atoms with van der Waals surface area (Å²) in [6, 6.07) is 6.16. The Labute approximate surface area is 247 Å². The number of halogens is 3. The molecular formula is C31H33F3N4O5. The van der Waals surface area contributed by atoms with Gasteiger partial charge in [0.15, 0.2) is 0 Å². The lowest BCUT2D eigenvalue weighted by atomic mass is 9.75. The van der Waals surface area contributed by atoms with Crippen LogP contribution < -0.4 is 5.32 Å². The van der Waals surface area contributed by atoms with Crippen LogP contribution in [0.25, 0.3) is 11.3 Å². The lowest BCUT2D eigenvalue weighted by Gasteiger charge is -2.53. The van der Waals surface area contributed by atoms with Crippen LogP contribution in [0.5, 0.6) is 0 Å². The van der Waals surface area contributed by atoms with Gasteiger partial charge in [-0.2, -0.15) is 0 Å². The van der Waals surface area contributed by atoms with E-state index in [2.05, 4.69) is 15.3 Å². The number of benzene rings is 1. The molecule has 4 heterocycles. The lowest BCUT2D eigenvalue weighted by Crippen LogP contribution is -2.66. The third-order valence-electron chi connectivity index (χ3n) is 8.13. The minimum Gasteiger partial charge on any atom is -0.449 e. The van der Waals surface area contributed by atoms with Gasteiger partial charge in [-0.3, -0.25) is 9.78 Å². The van der Waals surface area contributed by atoms with Crippen molar-refractivity contribution >= 4 is 17.7 Å². The number of unbranched alkanes of at least 4 members (excludes halogenated alkanes) is 1. The first-order valence-corrected chi connectivity index (χ1v) is 14.3. The zero-order valence-electron chi connectivity index (χ0n) is 23.9. The Bertz CT molecular complexity index is 1490. The van der Waals surface area contributed by atoms with Gasteiger partial charge in [-0.1, -0.05) is 19.4 Å². The second kappa shape index (κ2) is 12.7. The van der Waals surface area contributed by atoms with E-state index in [9.17, 15) is 27.9 Å². The van der Waals surface area contributed by atoms with Crippen molar-refractivity contribution in [3.05, 3.63) is 77.5 Å². The third kappa shape index (κ3) is 6.07. The van der Waals surface area contributed by atoms with Gasteiger partial charge in [0, 0.05) is 24.7 Å². The number of aromatic nitrogens is 2. The SMILES string of the molecule is CCCCOC(=O)N1CCCC2(O)C(C)OC(c3ccncc3NC(=O)c3ccc(F)c(-c4c(F)cccc4F)n3)CC12. The molecule has 228 valence electrons. The minimum absolute atomic E-state index is 0.224. The van der Waals surface area contributed by atoms with Crippen LogP contribution in [0.2, 0.25) is 0 Å². The fourth-order valence-corrected chi connectivity index (χ4v) is 5.80. The number of amides is 2. The quantitative estimate of drug-likeness (QED) is 0.331. The van der Waals surface area contributed by atoms with E-state index in [1.54, 1.807) is 17.9 Å². The molecule has 4 atom stereocenters. The summed E-state index contributed by atoms with van der Waals surface area (Å²) in [5.41, 5.74) is -2.10. The lowest BCUT2D eigenvalue weighted by molar-refractivity contribution is -0.217. The van der Waals surface area contributed by atoms with E-state index in [1.807, 2.05) is 6.92 Å². The first-order chi connectivity index (χ1) is 20.6. The molecule has 0 bridgehead atoms. The van der Waals surface area contributed by atoms with Crippen molar-refractivity contribution in [3.8, 4) is 11.3 Å². The van der Waals surface area contributed by atoms with Crippen LogP contribution in [0, 0.1) is 17.5 Å². The van der Waals surface area contributed by atoms with E-state index in [1.165, 1.54) is 12.4 Å². The van der Waals surface area contributed by atoms with Gasteiger partial charge in [-0.25, -0.2) is 22.9 Å². The molecule has 0 saturated carbocycles. The second-order valence-electron chi connectivity index (χ2n) is 10.8. The van der Waals surface area contributed by atoms with Crippen molar-refractivity contribution in [2.75, 3.05) is 18.5 Å². The zero-order valence-corrected chi connectivity index (χ0v) is 23.9. The first kappa shape index (κ1) is 30.4. The summed E-state index contributed by atoms with van der Waals surface area (Å²) >= 11 is 0. The number of anilines is 1. The number of likely N-dealkylation sites (tertiary alicyclic amines) is 1. The van der Waals surface area contributed by atoms with Gasteiger partial charge in [0.25, 0.3) is 5.91 Å². The number of nitrogens with zero attached hydrogens (tertiary/aromatic N) is 3. The maximum Gasteiger partial charge on any atom is 0.410 e. The topological polar surface area (TPSA) is 114 Å². The number of ether oxygens (including phenoxy) is 2. The number of rotatable bonds is 7. The van der Waals surface area contributed by atoms with Crippen molar-refractivity contribution in [1.29, 1.82) is 0 Å². The molecular weight excluding hydrogens is 565 g/mol. The zero-order chi connectivity index (χ0) is 30.7. The van der Waals surface area contributed by atoms with Crippen LogP contribution in [0.15, 0.2) is 48.8 Å². The van der Waals surface area contributed by atoms with E-state index >= 15 is 0 Å². The molecule has 2 fully saturated rings. The summed E-state index contributed by atoms with van der Waals surface area (Å²) in [4.78, 5) is 35.8. The highest BCUT2D eigenvalue weighted by Crippen LogP contribution is 2.45. The molecule has 2 saturated heterocycles. The van der Waals surface area contributed by atoms with Crippen molar-refractivity contribution in [2.24, 2.45) is 0 Å². The Morgan fingerprint density at radius 1 is 1.16 bits per heavy atom. The van der Waals surface area contributed by atoms with E-state index in [4.69, 9.17) is 9.47 Å². The van der Waals surface area contributed by atoms with E-state index in [0.29, 0.717) is 24.9 Å². The molecule has 2 N–H and O–H groups in total. The summed E-state index contributed by atoms with van der Waals surface area (Å²) < 4.78 is 55.0. The van der Waals surface area contributed by atoms with Gasteiger partial charge in [0.1, 0.15) is 34.4 Å². The molecule has 2 aromatic heterocycles. The van der Waals surface area contributed by atoms with E-state index in [0.717, 1.165) is 43.2 Å². The first-order valence-electron chi connectivity index (χ1n) is 14.3. The number of aliphatic hydroxyl groups is 1. The van der Waals surface area contributed by atoms with Crippen LogP contribution in [-0.2, 0) is 9.47 Å². The Morgan fingerprint density at radius 2 is 1.93 bits per heavy atom. The summed E-state index contributed by atoms with van der Waals surface area (Å²) in [7, 11) is 0. The fraction of sp³-hybridized carbons (Fsp3) is 0.419. The molecule has 43 heavy (non-hydrogen) atoms. The van der Waals surface area contributed by atoms with Crippen LogP contribution in [0.3, 0.4) is 0 Å². The summed E-state index contributed by atoms with van der Waals surface area (Å²) in [6.07, 6.45) is 4.00. The predicted molar refractivity (Wildman–Crippen MR) is 151 cm³/mol. The number of nitrogens with one attached hydrogen (secondary N) is 1. The van der Waals surface area contributed by atoms with Crippen LogP contribution in [-0.4, -0.2) is 62.9 Å². The average molecular weight is 599 g/mol. The van der Waals surface area contributed by atoms with E-state index in [-0.39, 0.29) is 24.4 Å². The van der Waals surface area contributed by atoms with Gasteiger partial charge in [-0.15, -0.1) is 0 Å². The Morgan fingerprint density at radius 3 is 2.67 bits per heavy atom. The molecule has 0 spiro atoms. The van der Waals surface area contributed by atoms with E-state index < -0.39 is 64.6 Å². The van der Waals surface area contributed by atoms with Crippen molar-refractivity contribution in [2.45, 2.75) is 69.8 Å². The van der Waals surface area contributed by atoms with Gasteiger partial charge in [0.05, 0.1) is 42.3 Å². The van der Waals surface area contributed by atoms with Crippen molar-refractivity contribution < 1.29 is 37.3 Å². The molecule has 4 unspecified atom stereocenters. The van der Waals surface area contributed by atoms with Gasteiger partial charge >= 0.3 is 6.09 Å². The number of hydrogen-bond donors (Lipinski definition) is 2. The van der Waals surface area contributed by atoms with Crippen molar-refractivity contribution in [1.82, 2.24) is 14.9 Å². The molecule has 2 aliphatic heterocycles. The smallest absolute Gasteiger partial charge is 0.410 e. The summed E-state index contributed by atoms with van der Waals surface area (Å²) in [6.45, 7) is 4.46. The highest BCUT2D eigenvalue weighted by molar-refractivity contribution is 6.03. The maximum atomic E-state index is 14.6. The van der Waals surface area contributed by atoms with Crippen LogP contribution in [0.4, 0.5) is 23.7 Å². The van der Waals surface area contributed by atoms with Gasteiger partial charge in [-0.05, 0) is 56.5 Å². The Balaban J connectivity index is 1.40. The standard InChI is InChI=1S/C31H33F3N4O5/c1-3-4-15-42-30(40)38-14-6-12-31(41)18(2)43-25(16-26(31)38)19-11-13-35-17-24(19)37-29(39)23-10-9-22(34)28(36-23)27-20(32)7-5-8-21(27)33/h5,7-11,13,17-18,25-26,41H,3-4,6,12,14-16H2,1-2H3,(H,37,39). The van der Waals surface area contributed by atoms with Crippen LogP contribution >= 0.6 is 0 Å². The summed E-state index contributed by atoms with van der Waals surface area (Å²) in [5, 5.41) is 14.3. The Hall–Kier alpha value is -4.03. The molecule has 3 aromatic rings. The number of carbonyl (C=O) groups is 2. The minimum atomic E-state index is -1.29. The fourth-order valence-electron chi connectivity index (χ4n) is 5.80. The average Bonchev–Trinajstić information content (AvgIpc) is 2.98.